The molecule has 3 atom stereocenters. The van der Waals surface area contributed by atoms with E-state index in [1.807, 2.05) is 19.1 Å². The van der Waals surface area contributed by atoms with Crippen molar-refractivity contribution >= 4 is 5.91 Å². The van der Waals surface area contributed by atoms with Crippen LogP contribution in [0.25, 0.3) is 0 Å². The van der Waals surface area contributed by atoms with Crippen molar-refractivity contribution in [2.75, 3.05) is 26.7 Å². The quantitative estimate of drug-likeness (QED) is 0.848. The lowest BCUT2D eigenvalue weighted by Crippen LogP contribution is -2.53. The van der Waals surface area contributed by atoms with Crippen molar-refractivity contribution in [1.82, 2.24) is 9.80 Å². The van der Waals surface area contributed by atoms with Gasteiger partial charge in [-0.15, -0.1) is 0 Å². The van der Waals surface area contributed by atoms with Crippen molar-refractivity contribution in [3.8, 4) is 0 Å². The molecule has 0 spiro atoms. The van der Waals surface area contributed by atoms with E-state index >= 15 is 0 Å². The molecule has 5 nitrogen and oxygen atoms in total. The molecular weight excluding hydrogens is 268 g/mol. The molecule has 3 heterocycles. The lowest BCUT2D eigenvalue weighted by Gasteiger charge is -2.41. The predicted molar refractivity (Wildman–Crippen MR) is 78.7 cm³/mol. The zero-order valence-electron chi connectivity index (χ0n) is 12.8. The van der Waals surface area contributed by atoms with Crippen molar-refractivity contribution in [2.24, 2.45) is 5.92 Å². The molecule has 5 heteroatoms. The van der Waals surface area contributed by atoms with E-state index in [4.69, 9.17) is 9.15 Å². The first kappa shape index (κ1) is 14.6. The molecule has 116 valence electrons. The Kier molecular flexibility index (Phi) is 4.31. The third kappa shape index (κ3) is 2.85. The second-order valence-electron chi connectivity index (χ2n) is 6.01. The van der Waals surface area contributed by atoms with Crippen LogP contribution in [0, 0.1) is 5.92 Å². The van der Waals surface area contributed by atoms with Crippen molar-refractivity contribution < 1.29 is 13.9 Å². The molecule has 2 saturated heterocycles. The number of methoxy groups -OCH3 is 1. The number of fused-ring (bicyclic) bond motifs is 1. The van der Waals surface area contributed by atoms with Gasteiger partial charge in [-0.1, -0.05) is 6.92 Å². The zero-order valence-corrected chi connectivity index (χ0v) is 12.8. The second-order valence-corrected chi connectivity index (χ2v) is 6.01. The van der Waals surface area contributed by atoms with E-state index in [0.29, 0.717) is 12.3 Å². The Morgan fingerprint density at radius 1 is 1.48 bits per heavy atom. The number of ether oxygens (including phenoxy) is 1. The van der Waals surface area contributed by atoms with Crippen LogP contribution >= 0.6 is 0 Å². The molecule has 0 radical (unpaired) electrons. The summed E-state index contributed by atoms with van der Waals surface area (Å²) in [5, 5.41) is 0. The van der Waals surface area contributed by atoms with Gasteiger partial charge < -0.3 is 14.1 Å². The standard InChI is InChI=1S/C16H24N2O3/c1-3-16(19)18-7-6-15(20-2)13-10-17(11-14(13)18)9-12-5-4-8-21-12/h4-5,8,13-15H,3,6-7,9-11H2,1-2H3/t13-,14+,15-/m0/s1. The third-order valence-electron chi connectivity index (χ3n) is 4.83. The molecule has 2 aliphatic rings. The molecule has 0 saturated carbocycles. The number of carbonyl (C=O) groups is 1. The molecule has 1 aromatic heterocycles. The van der Waals surface area contributed by atoms with E-state index in [9.17, 15) is 4.79 Å². The number of carbonyl (C=O) groups excluding carboxylic acids is 1. The molecule has 21 heavy (non-hydrogen) atoms. The van der Waals surface area contributed by atoms with E-state index in [2.05, 4.69) is 9.80 Å². The highest BCUT2D eigenvalue weighted by Crippen LogP contribution is 2.33. The summed E-state index contributed by atoms with van der Waals surface area (Å²) in [6, 6.07) is 4.21. The smallest absolute Gasteiger partial charge is 0.222 e. The highest BCUT2D eigenvalue weighted by molar-refractivity contribution is 5.76. The van der Waals surface area contributed by atoms with Crippen molar-refractivity contribution in [1.29, 1.82) is 0 Å². The minimum atomic E-state index is 0.262. The summed E-state index contributed by atoms with van der Waals surface area (Å²) in [7, 11) is 1.79. The highest BCUT2D eigenvalue weighted by atomic mass is 16.5. The average molecular weight is 292 g/mol. The van der Waals surface area contributed by atoms with Crippen LogP contribution in [-0.2, 0) is 16.1 Å². The molecule has 0 unspecified atom stereocenters. The van der Waals surface area contributed by atoms with E-state index in [0.717, 1.165) is 38.4 Å². The molecular formula is C16H24N2O3. The van der Waals surface area contributed by atoms with Gasteiger partial charge in [0.05, 0.1) is 25.0 Å². The van der Waals surface area contributed by atoms with Crippen LogP contribution in [0.1, 0.15) is 25.5 Å². The molecule has 0 N–H and O–H groups in total. The molecule has 0 aliphatic carbocycles. The van der Waals surface area contributed by atoms with Crippen LogP contribution in [0.2, 0.25) is 0 Å². The van der Waals surface area contributed by atoms with Gasteiger partial charge in [-0.2, -0.15) is 0 Å². The van der Waals surface area contributed by atoms with Crippen molar-refractivity contribution in [3.05, 3.63) is 24.2 Å². The maximum absolute atomic E-state index is 12.2. The lowest BCUT2D eigenvalue weighted by atomic mass is 9.89. The fourth-order valence-corrected chi connectivity index (χ4v) is 3.79. The number of furan rings is 1. The molecule has 0 aromatic carbocycles. The van der Waals surface area contributed by atoms with Crippen LogP contribution in [0.4, 0.5) is 0 Å². The monoisotopic (exact) mass is 292 g/mol. The molecule has 1 amide bonds. The summed E-state index contributed by atoms with van der Waals surface area (Å²) >= 11 is 0. The van der Waals surface area contributed by atoms with Gasteiger partial charge in [0.2, 0.25) is 5.91 Å². The maximum atomic E-state index is 12.2. The first-order chi connectivity index (χ1) is 10.2. The summed E-state index contributed by atoms with van der Waals surface area (Å²) in [5.41, 5.74) is 0. The summed E-state index contributed by atoms with van der Waals surface area (Å²) in [6.45, 7) is 5.45. The van der Waals surface area contributed by atoms with Crippen LogP contribution < -0.4 is 0 Å². The maximum Gasteiger partial charge on any atom is 0.222 e. The number of rotatable bonds is 4. The van der Waals surface area contributed by atoms with Crippen LogP contribution in [-0.4, -0.2) is 54.6 Å². The average Bonchev–Trinajstić information content (AvgIpc) is 3.14. The Hall–Kier alpha value is -1.33. The normalized spacial score (nSPS) is 29.6. The predicted octanol–water partition coefficient (Wildman–Crippen LogP) is 1.74. The van der Waals surface area contributed by atoms with Crippen LogP contribution in [0.3, 0.4) is 0 Å². The Morgan fingerprint density at radius 3 is 3.00 bits per heavy atom. The Bertz CT molecular complexity index is 474. The van der Waals surface area contributed by atoms with Gasteiger partial charge in [0.15, 0.2) is 0 Å². The minimum Gasteiger partial charge on any atom is -0.468 e. The molecule has 1 aromatic rings. The first-order valence-electron chi connectivity index (χ1n) is 7.80. The molecule has 2 fully saturated rings. The van der Waals surface area contributed by atoms with E-state index in [1.54, 1.807) is 13.4 Å². The van der Waals surface area contributed by atoms with Gasteiger partial charge in [0, 0.05) is 39.1 Å². The first-order valence-corrected chi connectivity index (χ1v) is 7.80. The number of likely N-dealkylation sites (tertiary alicyclic amines) is 2. The number of hydrogen-bond donors (Lipinski definition) is 0. The van der Waals surface area contributed by atoms with Gasteiger partial charge in [0.25, 0.3) is 0 Å². The number of piperidine rings is 1. The van der Waals surface area contributed by atoms with E-state index in [-0.39, 0.29) is 18.1 Å². The van der Waals surface area contributed by atoms with Crippen molar-refractivity contribution in [2.45, 2.75) is 38.5 Å². The van der Waals surface area contributed by atoms with Crippen LogP contribution in [0.15, 0.2) is 22.8 Å². The van der Waals surface area contributed by atoms with E-state index < -0.39 is 0 Å². The molecule has 3 rings (SSSR count). The largest absolute Gasteiger partial charge is 0.468 e. The van der Waals surface area contributed by atoms with Gasteiger partial charge in [0.1, 0.15) is 5.76 Å². The third-order valence-corrected chi connectivity index (χ3v) is 4.83. The summed E-state index contributed by atoms with van der Waals surface area (Å²) in [6.07, 6.45) is 3.50. The lowest BCUT2D eigenvalue weighted by molar-refractivity contribution is -0.138. The summed E-state index contributed by atoms with van der Waals surface area (Å²) < 4.78 is 11.1. The number of hydrogen-bond acceptors (Lipinski definition) is 4. The molecule has 2 aliphatic heterocycles. The molecule has 0 bridgehead atoms. The van der Waals surface area contributed by atoms with Gasteiger partial charge >= 0.3 is 0 Å². The van der Waals surface area contributed by atoms with Crippen LogP contribution in [0.5, 0.6) is 0 Å². The van der Waals surface area contributed by atoms with E-state index in [1.165, 1.54) is 0 Å². The Labute approximate surface area is 125 Å². The van der Waals surface area contributed by atoms with Gasteiger partial charge in [-0.05, 0) is 18.6 Å². The number of amides is 1. The highest BCUT2D eigenvalue weighted by Gasteiger charge is 2.45. The fourth-order valence-electron chi connectivity index (χ4n) is 3.79. The SMILES string of the molecule is CCC(=O)N1CC[C@H](OC)[C@H]2CN(Cc3ccco3)C[C@H]21. The Morgan fingerprint density at radius 2 is 2.33 bits per heavy atom. The number of nitrogens with zero attached hydrogens (tertiary/aromatic N) is 2. The summed E-state index contributed by atoms with van der Waals surface area (Å²) in [5.74, 6) is 1.66. The van der Waals surface area contributed by atoms with Gasteiger partial charge in [-0.3, -0.25) is 9.69 Å². The Balaban J connectivity index is 1.72. The zero-order chi connectivity index (χ0) is 14.8. The van der Waals surface area contributed by atoms with Crippen molar-refractivity contribution in [3.63, 3.8) is 0 Å². The topological polar surface area (TPSA) is 45.9 Å². The fraction of sp³-hybridized carbons (Fsp3) is 0.688. The van der Waals surface area contributed by atoms with Gasteiger partial charge in [-0.25, -0.2) is 0 Å². The summed E-state index contributed by atoms with van der Waals surface area (Å²) in [4.78, 5) is 16.6. The second kappa shape index (κ2) is 6.20. The minimum absolute atomic E-state index is 0.262.